The van der Waals surface area contributed by atoms with Crippen LogP contribution in [0.1, 0.15) is 31.5 Å². The Morgan fingerprint density at radius 2 is 2.19 bits per heavy atom. The highest BCUT2D eigenvalue weighted by Gasteiger charge is 2.25. The Labute approximate surface area is 118 Å². The van der Waals surface area contributed by atoms with Gasteiger partial charge in [-0.05, 0) is 12.5 Å². The molecule has 9 heteroatoms. The molecule has 2 rings (SSSR count). The van der Waals surface area contributed by atoms with Gasteiger partial charge in [0.2, 0.25) is 0 Å². The van der Waals surface area contributed by atoms with Crippen molar-refractivity contribution in [3.63, 3.8) is 0 Å². The van der Waals surface area contributed by atoms with Crippen LogP contribution in [0.3, 0.4) is 0 Å². The van der Waals surface area contributed by atoms with Gasteiger partial charge in [0.05, 0.1) is 22.9 Å². The lowest BCUT2D eigenvalue weighted by molar-refractivity contribution is -0.384. The Kier molecular flexibility index (Phi) is 4.22. The molecule has 2 aromatic rings. The van der Waals surface area contributed by atoms with E-state index in [0.29, 0.717) is 18.2 Å². The molecular weight excluding hydrogens is 284 g/mol. The lowest BCUT2D eigenvalue weighted by atomic mass is 10.1. The molecule has 0 aliphatic rings. The number of aromatic nitrogens is 3. The van der Waals surface area contributed by atoms with E-state index in [4.69, 9.17) is 5.73 Å². The monoisotopic (exact) mass is 297 g/mol. The zero-order valence-electron chi connectivity index (χ0n) is 11.2. The summed E-state index contributed by atoms with van der Waals surface area (Å²) in [6, 6.07) is 1.15. The third-order valence-electron chi connectivity index (χ3n) is 2.96. The second-order valence-corrected chi connectivity index (χ2v) is 4.47. The molecule has 1 aromatic carbocycles. The topological polar surface area (TPSA) is 99.9 Å². The molecule has 0 bridgehead atoms. The van der Waals surface area contributed by atoms with Crippen LogP contribution in [0.2, 0.25) is 0 Å². The molecule has 0 saturated carbocycles. The number of halogens is 2. The van der Waals surface area contributed by atoms with Crippen molar-refractivity contribution in [2.24, 2.45) is 5.73 Å². The number of nitrogens with zero attached hydrogens (tertiary/aromatic N) is 4. The van der Waals surface area contributed by atoms with Crippen LogP contribution in [0, 0.1) is 21.7 Å². The fourth-order valence-corrected chi connectivity index (χ4v) is 1.91. The minimum Gasteiger partial charge on any atom is -0.323 e. The first-order valence-corrected chi connectivity index (χ1v) is 6.26. The molecule has 0 saturated heterocycles. The Morgan fingerprint density at radius 3 is 2.81 bits per heavy atom. The molecule has 0 fully saturated rings. The van der Waals surface area contributed by atoms with E-state index in [1.807, 2.05) is 6.92 Å². The summed E-state index contributed by atoms with van der Waals surface area (Å²) in [5, 5.41) is 18.3. The Bertz CT molecular complexity index is 674. The van der Waals surface area contributed by atoms with E-state index in [2.05, 4.69) is 10.3 Å². The second-order valence-electron chi connectivity index (χ2n) is 4.47. The SMILES string of the molecule is CCCC(N)c1cn(-c2c([N+](=O)[O-])ccc(F)c2F)nn1. The predicted octanol–water partition coefficient (Wildman–Crippen LogP) is 2.25. The Morgan fingerprint density at radius 1 is 1.48 bits per heavy atom. The number of rotatable bonds is 5. The molecule has 0 aliphatic heterocycles. The fourth-order valence-electron chi connectivity index (χ4n) is 1.91. The van der Waals surface area contributed by atoms with Gasteiger partial charge in [0.15, 0.2) is 17.3 Å². The summed E-state index contributed by atoms with van der Waals surface area (Å²) in [5.41, 5.74) is 5.00. The molecule has 0 radical (unpaired) electrons. The van der Waals surface area contributed by atoms with E-state index < -0.39 is 34.0 Å². The molecule has 112 valence electrons. The largest absolute Gasteiger partial charge is 0.323 e. The normalized spacial score (nSPS) is 12.4. The van der Waals surface area contributed by atoms with Gasteiger partial charge in [-0.3, -0.25) is 10.1 Å². The number of nitro benzene ring substituents is 1. The highest BCUT2D eigenvalue weighted by Crippen LogP contribution is 2.27. The van der Waals surface area contributed by atoms with Gasteiger partial charge in [0.1, 0.15) is 0 Å². The van der Waals surface area contributed by atoms with Crippen LogP contribution in [0.25, 0.3) is 5.69 Å². The second kappa shape index (κ2) is 5.92. The zero-order chi connectivity index (χ0) is 15.6. The van der Waals surface area contributed by atoms with Crippen LogP contribution in [0.4, 0.5) is 14.5 Å². The summed E-state index contributed by atoms with van der Waals surface area (Å²) in [7, 11) is 0. The first-order valence-electron chi connectivity index (χ1n) is 6.26. The fraction of sp³-hybridized carbons (Fsp3) is 0.333. The van der Waals surface area contributed by atoms with Gasteiger partial charge in [0.25, 0.3) is 5.69 Å². The zero-order valence-corrected chi connectivity index (χ0v) is 11.2. The third-order valence-corrected chi connectivity index (χ3v) is 2.96. The first kappa shape index (κ1) is 15.0. The highest BCUT2D eigenvalue weighted by atomic mass is 19.2. The van der Waals surface area contributed by atoms with Gasteiger partial charge >= 0.3 is 0 Å². The number of hydrogen-bond donors (Lipinski definition) is 1. The molecule has 0 aliphatic carbocycles. The van der Waals surface area contributed by atoms with Gasteiger partial charge in [-0.25, -0.2) is 13.5 Å². The van der Waals surface area contributed by atoms with Gasteiger partial charge in [-0.1, -0.05) is 18.6 Å². The summed E-state index contributed by atoms with van der Waals surface area (Å²) in [6.45, 7) is 1.93. The van der Waals surface area contributed by atoms with E-state index >= 15 is 0 Å². The van der Waals surface area contributed by atoms with Gasteiger partial charge in [0, 0.05) is 6.07 Å². The molecule has 1 heterocycles. The highest BCUT2D eigenvalue weighted by molar-refractivity contribution is 5.53. The van der Waals surface area contributed by atoms with Gasteiger partial charge in [-0.15, -0.1) is 5.10 Å². The lowest BCUT2D eigenvalue weighted by Gasteiger charge is -2.05. The Hall–Kier alpha value is -2.42. The summed E-state index contributed by atoms with van der Waals surface area (Å²) >= 11 is 0. The molecule has 0 amide bonds. The number of benzene rings is 1. The van der Waals surface area contributed by atoms with Crippen LogP contribution < -0.4 is 5.73 Å². The summed E-state index contributed by atoms with van der Waals surface area (Å²) < 4.78 is 28.0. The lowest BCUT2D eigenvalue weighted by Crippen LogP contribution is -2.10. The van der Waals surface area contributed by atoms with E-state index in [-0.39, 0.29) is 0 Å². The molecule has 2 N–H and O–H groups in total. The summed E-state index contributed by atoms with van der Waals surface area (Å²) in [4.78, 5) is 10.1. The van der Waals surface area contributed by atoms with Gasteiger partial charge in [-0.2, -0.15) is 0 Å². The first-order chi connectivity index (χ1) is 9.95. The van der Waals surface area contributed by atoms with Crippen molar-refractivity contribution in [2.75, 3.05) is 0 Å². The Balaban J connectivity index is 2.51. The molecule has 21 heavy (non-hydrogen) atoms. The van der Waals surface area contributed by atoms with E-state index in [1.54, 1.807) is 0 Å². The van der Waals surface area contributed by atoms with Crippen molar-refractivity contribution in [2.45, 2.75) is 25.8 Å². The minimum absolute atomic E-state index is 0.356. The summed E-state index contributed by atoms with van der Waals surface area (Å²) in [5.74, 6) is -2.56. The maximum Gasteiger partial charge on any atom is 0.298 e. The maximum atomic E-state index is 13.9. The molecule has 0 spiro atoms. The van der Waals surface area contributed by atoms with Crippen LogP contribution in [-0.2, 0) is 0 Å². The van der Waals surface area contributed by atoms with Crippen molar-refractivity contribution >= 4 is 5.69 Å². The summed E-state index contributed by atoms with van der Waals surface area (Å²) in [6.07, 6.45) is 2.71. The van der Waals surface area contributed by atoms with E-state index in [1.165, 1.54) is 6.20 Å². The molecular formula is C12H13F2N5O2. The number of nitro groups is 1. The maximum absolute atomic E-state index is 13.9. The van der Waals surface area contributed by atoms with Crippen molar-refractivity contribution < 1.29 is 13.7 Å². The average molecular weight is 297 g/mol. The molecule has 1 atom stereocenters. The van der Waals surface area contributed by atoms with Crippen molar-refractivity contribution in [1.82, 2.24) is 15.0 Å². The standard InChI is InChI=1S/C12H13F2N5O2/c1-2-3-8(15)9-6-18(17-16-9)12-10(19(20)21)5-4-7(13)11(12)14/h4-6,8H,2-3,15H2,1H3. The van der Waals surface area contributed by atoms with Gasteiger partial charge < -0.3 is 5.73 Å². The number of hydrogen-bond acceptors (Lipinski definition) is 5. The number of nitrogens with two attached hydrogens (primary N) is 1. The van der Waals surface area contributed by atoms with Crippen molar-refractivity contribution in [1.29, 1.82) is 0 Å². The molecule has 7 nitrogen and oxygen atoms in total. The molecule has 1 unspecified atom stereocenters. The van der Waals surface area contributed by atoms with Crippen LogP contribution in [-0.4, -0.2) is 19.9 Å². The van der Waals surface area contributed by atoms with Crippen LogP contribution in [0.5, 0.6) is 0 Å². The average Bonchev–Trinajstić information content (AvgIpc) is 2.91. The van der Waals surface area contributed by atoms with Crippen molar-refractivity contribution in [3.8, 4) is 5.69 Å². The van der Waals surface area contributed by atoms with Crippen molar-refractivity contribution in [3.05, 3.63) is 45.8 Å². The van der Waals surface area contributed by atoms with E-state index in [0.717, 1.165) is 17.2 Å². The quantitative estimate of drug-likeness (QED) is 0.674. The van der Waals surface area contributed by atoms with E-state index in [9.17, 15) is 18.9 Å². The molecule has 1 aromatic heterocycles. The third kappa shape index (κ3) is 2.87. The van der Waals surface area contributed by atoms with Crippen LogP contribution >= 0.6 is 0 Å². The van der Waals surface area contributed by atoms with Crippen LogP contribution in [0.15, 0.2) is 18.3 Å². The minimum atomic E-state index is -1.36. The smallest absolute Gasteiger partial charge is 0.298 e. The predicted molar refractivity (Wildman–Crippen MR) is 69.8 cm³/mol.